The predicted octanol–water partition coefficient (Wildman–Crippen LogP) is 7.36. The third kappa shape index (κ3) is 4.26. The van der Waals surface area contributed by atoms with Crippen LogP contribution in [-0.2, 0) is 4.57 Å². The Labute approximate surface area is 191 Å². The lowest BCUT2D eigenvalue weighted by molar-refractivity contribution is -0.384. The SMILES string of the molecule is O=[N+]([O-])c1ccc(OP(=O)(Cl)Oc2ccc3ccccc3c2-c2nc3ccccc3o2)cc1. The van der Waals surface area contributed by atoms with Crippen LogP contribution in [0.2, 0.25) is 0 Å². The van der Waals surface area contributed by atoms with Crippen LogP contribution in [0.1, 0.15) is 0 Å². The molecule has 0 amide bonds. The minimum absolute atomic E-state index is 0.0585. The first kappa shape index (κ1) is 21.0. The van der Waals surface area contributed by atoms with Crippen LogP contribution >= 0.6 is 18.2 Å². The Hall–Kier alpha value is -3.87. The zero-order valence-electron chi connectivity index (χ0n) is 16.8. The molecule has 0 fully saturated rings. The number of nitro benzene ring substituents is 1. The predicted molar refractivity (Wildman–Crippen MR) is 125 cm³/mol. The van der Waals surface area contributed by atoms with Gasteiger partial charge in [0, 0.05) is 23.4 Å². The van der Waals surface area contributed by atoms with Crippen LogP contribution in [0.4, 0.5) is 5.69 Å². The summed E-state index contributed by atoms with van der Waals surface area (Å²) in [7, 11) is 0. The van der Waals surface area contributed by atoms with E-state index < -0.39 is 11.9 Å². The number of rotatable bonds is 6. The van der Waals surface area contributed by atoms with Crippen molar-refractivity contribution in [1.82, 2.24) is 4.98 Å². The van der Waals surface area contributed by atoms with Crippen molar-refractivity contribution in [2.75, 3.05) is 0 Å². The smallest absolute Gasteiger partial charge is 0.436 e. The van der Waals surface area contributed by atoms with Crippen LogP contribution in [-0.4, -0.2) is 9.91 Å². The average molecular weight is 481 g/mol. The van der Waals surface area contributed by atoms with E-state index in [4.69, 9.17) is 24.7 Å². The first-order valence-electron chi connectivity index (χ1n) is 9.71. The molecule has 5 rings (SSSR count). The van der Waals surface area contributed by atoms with Gasteiger partial charge in [-0.1, -0.05) is 42.5 Å². The summed E-state index contributed by atoms with van der Waals surface area (Å²) >= 11 is 6.12. The number of halogens is 1. The van der Waals surface area contributed by atoms with E-state index in [-0.39, 0.29) is 23.1 Å². The quantitative estimate of drug-likeness (QED) is 0.142. The summed E-state index contributed by atoms with van der Waals surface area (Å²) in [6.45, 7) is -4.20. The summed E-state index contributed by atoms with van der Waals surface area (Å²) in [5.74, 6) is 0.485. The van der Waals surface area contributed by atoms with Gasteiger partial charge in [-0.15, -0.1) is 0 Å². The van der Waals surface area contributed by atoms with Crippen molar-refractivity contribution in [2.24, 2.45) is 0 Å². The molecular formula is C23H14ClN2O6P. The van der Waals surface area contributed by atoms with Crippen LogP contribution in [0.25, 0.3) is 33.3 Å². The topological polar surface area (TPSA) is 105 Å². The van der Waals surface area contributed by atoms with Crippen LogP contribution in [0.15, 0.2) is 89.3 Å². The van der Waals surface area contributed by atoms with E-state index in [1.165, 1.54) is 24.3 Å². The highest BCUT2D eigenvalue weighted by molar-refractivity contribution is 7.82. The second-order valence-electron chi connectivity index (χ2n) is 7.01. The molecule has 0 bridgehead atoms. The molecule has 10 heteroatoms. The van der Waals surface area contributed by atoms with Gasteiger partial charge < -0.3 is 13.5 Å². The first-order chi connectivity index (χ1) is 15.9. The van der Waals surface area contributed by atoms with Gasteiger partial charge in [-0.25, -0.2) is 9.55 Å². The van der Waals surface area contributed by atoms with Gasteiger partial charge in [0.15, 0.2) is 5.58 Å². The lowest BCUT2D eigenvalue weighted by atomic mass is 10.0. The Morgan fingerprint density at radius 2 is 1.64 bits per heavy atom. The zero-order valence-corrected chi connectivity index (χ0v) is 18.4. The van der Waals surface area contributed by atoms with Crippen molar-refractivity contribution < 1.29 is 23.0 Å². The molecule has 0 radical (unpaired) electrons. The number of nitrogens with zero attached hydrogens (tertiary/aromatic N) is 2. The zero-order chi connectivity index (χ0) is 23.0. The number of hydrogen-bond acceptors (Lipinski definition) is 7. The summed E-state index contributed by atoms with van der Waals surface area (Å²) in [4.78, 5) is 14.8. The highest BCUT2D eigenvalue weighted by Gasteiger charge is 2.28. The fourth-order valence-corrected chi connectivity index (χ4v) is 4.68. The van der Waals surface area contributed by atoms with Crippen LogP contribution in [0.3, 0.4) is 0 Å². The Kier molecular flexibility index (Phi) is 5.24. The molecular weight excluding hydrogens is 467 g/mol. The summed E-state index contributed by atoms with van der Waals surface area (Å²) in [5.41, 5.74) is 1.57. The Morgan fingerprint density at radius 1 is 0.909 bits per heavy atom. The molecule has 4 aromatic carbocycles. The Bertz CT molecular complexity index is 1520. The molecule has 0 aliphatic carbocycles. The van der Waals surface area contributed by atoms with Crippen LogP contribution in [0, 0.1) is 10.1 Å². The number of aromatic nitrogens is 1. The molecule has 164 valence electrons. The highest BCUT2D eigenvalue weighted by atomic mass is 35.7. The van der Waals surface area contributed by atoms with E-state index in [0.717, 1.165) is 10.8 Å². The lowest BCUT2D eigenvalue weighted by Crippen LogP contribution is -1.98. The molecule has 33 heavy (non-hydrogen) atoms. The average Bonchev–Trinajstić information content (AvgIpc) is 3.22. The fourth-order valence-electron chi connectivity index (χ4n) is 3.42. The molecule has 0 saturated heterocycles. The molecule has 0 saturated carbocycles. The minimum atomic E-state index is -4.20. The molecule has 1 unspecified atom stereocenters. The fraction of sp³-hybridized carbons (Fsp3) is 0. The number of nitro groups is 1. The van der Waals surface area contributed by atoms with Crippen molar-refractivity contribution >= 4 is 45.7 Å². The molecule has 0 spiro atoms. The van der Waals surface area contributed by atoms with Crippen LogP contribution in [0.5, 0.6) is 11.5 Å². The second kappa shape index (κ2) is 8.24. The molecule has 0 aliphatic rings. The largest absolute Gasteiger partial charge is 0.530 e. The maximum Gasteiger partial charge on any atom is 0.530 e. The number of oxazole rings is 1. The molecule has 1 atom stereocenters. The summed E-state index contributed by atoms with van der Waals surface area (Å²) in [5, 5.41) is 12.5. The standard InChI is InChI=1S/C23H14ClN2O6P/c24-33(29,31-17-12-10-16(11-13-17)26(27)28)32-21-14-9-15-5-1-2-6-18(15)22(21)23-25-19-7-3-4-8-20(19)30-23/h1-14H. The highest BCUT2D eigenvalue weighted by Crippen LogP contribution is 2.55. The van der Waals surface area contributed by atoms with E-state index in [9.17, 15) is 14.7 Å². The normalized spacial score (nSPS) is 13.0. The van der Waals surface area contributed by atoms with Gasteiger partial charge in [0.05, 0.1) is 10.5 Å². The molecule has 1 aromatic heterocycles. The summed E-state index contributed by atoms with van der Waals surface area (Å²) in [6, 6.07) is 23.2. The van der Waals surface area contributed by atoms with Gasteiger partial charge in [0.2, 0.25) is 5.89 Å². The number of hydrogen-bond donors (Lipinski definition) is 0. The Balaban J connectivity index is 1.55. The van der Waals surface area contributed by atoms with E-state index in [1.54, 1.807) is 18.2 Å². The monoisotopic (exact) mass is 480 g/mol. The van der Waals surface area contributed by atoms with Gasteiger partial charge in [0.1, 0.15) is 17.0 Å². The van der Waals surface area contributed by atoms with E-state index in [0.29, 0.717) is 16.7 Å². The molecule has 5 aromatic rings. The Morgan fingerprint density at radius 3 is 2.39 bits per heavy atom. The van der Waals surface area contributed by atoms with Crippen molar-refractivity contribution in [1.29, 1.82) is 0 Å². The third-order valence-corrected chi connectivity index (χ3v) is 6.13. The maximum absolute atomic E-state index is 13.0. The van der Waals surface area contributed by atoms with E-state index >= 15 is 0 Å². The summed E-state index contributed by atoms with van der Waals surface area (Å²) in [6.07, 6.45) is 0. The van der Waals surface area contributed by atoms with Crippen molar-refractivity contribution in [3.05, 3.63) is 95.0 Å². The van der Waals surface area contributed by atoms with Gasteiger partial charge in [0.25, 0.3) is 5.69 Å². The minimum Gasteiger partial charge on any atom is -0.436 e. The molecule has 0 N–H and O–H groups in total. The summed E-state index contributed by atoms with van der Waals surface area (Å²) < 4.78 is 29.9. The molecule has 1 heterocycles. The van der Waals surface area contributed by atoms with Crippen molar-refractivity contribution in [2.45, 2.75) is 0 Å². The lowest BCUT2D eigenvalue weighted by Gasteiger charge is -2.16. The van der Waals surface area contributed by atoms with Crippen molar-refractivity contribution in [3.63, 3.8) is 0 Å². The number of para-hydroxylation sites is 2. The maximum atomic E-state index is 13.0. The number of benzene rings is 4. The third-order valence-electron chi connectivity index (χ3n) is 4.87. The number of fused-ring (bicyclic) bond motifs is 2. The van der Waals surface area contributed by atoms with E-state index in [1.807, 2.05) is 42.5 Å². The van der Waals surface area contributed by atoms with Gasteiger partial charge in [-0.05, 0) is 41.1 Å². The van der Waals surface area contributed by atoms with Gasteiger partial charge in [-0.2, -0.15) is 0 Å². The second-order valence-corrected chi connectivity index (χ2v) is 9.48. The molecule has 0 aliphatic heterocycles. The van der Waals surface area contributed by atoms with Crippen LogP contribution < -0.4 is 9.05 Å². The molecule has 8 nitrogen and oxygen atoms in total. The van der Waals surface area contributed by atoms with Gasteiger partial charge >= 0.3 is 6.95 Å². The number of non-ortho nitro benzene ring substituents is 1. The van der Waals surface area contributed by atoms with Gasteiger partial charge in [-0.3, -0.25) is 10.1 Å². The first-order valence-corrected chi connectivity index (χ1v) is 12.2. The van der Waals surface area contributed by atoms with E-state index in [2.05, 4.69) is 4.98 Å². The van der Waals surface area contributed by atoms with Crippen molar-refractivity contribution in [3.8, 4) is 23.0 Å².